The predicted molar refractivity (Wildman–Crippen MR) is 110 cm³/mol. The van der Waals surface area contributed by atoms with Crippen molar-refractivity contribution in [1.29, 1.82) is 0 Å². The Morgan fingerprint density at radius 2 is 1.75 bits per heavy atom. The van der Waals surface area contributed by atoms with Gasteiger partial charge in [0, 0.05) is 44.5 Å². The number of nitrogens with zero attached hydrogens (tertiary/aromatic N) is 3. The van der Waals surface area contributed by atoms with Gasteiger partial charge in [-0.2, -0.15) is 0 Å². The average molecular weight is 386 g/mol. The minimum atomic E-state index is -0.0267. The normalized spacial score (nSPS) is 21.8. The summed E-state index contributed by atoms with van der Waals surface area (Å²) in [5.74, 6) is 2.51. The maximum absolute atomic E-state index is 9.17. The van der Waals surface area contributed by atoms with Gasteiger partial charge in [-0.3, -0.25) is 9.80 Å². The molecule has 0 unspecified atom stereocenters. The van der Waals surface area contributed by atoms with Crippen molar-refractivity contribution in [3.05, 3.63) is 47.9 Å². The summed E-state index contributed by atoms with van der Waals surface area (Å²) in [6.45, 7) is 7.39. The molecule has 3 heterocycles. The number of likely N-dealkylation sites (tertiary alicyclic amines) is 1. The van der Waals surface area contributed by atoms with Crippen molar-refractivity contribution >= 4 is 5.69 Å². The molecular weight excluding hydrogens is 354 g/mol. The first-order chi connectivity index (χ1) is 13.7. The van der Waals surface area contributed by atoms with Crippen LogP contribution in [0.25, 0.3) is 0 Å². The van der Waals surface area contributed by atoms with E-state index in [1.54, 1.807) is 7.11 Å². The van der Waals surface area contributed by atoms with E-state index in [1.807, 2.05) is 24.3 Å². The van der Waals surface area contributed by atoms with E-state index in [2.05, 4.69) is 26.8 Å². The van der Waals surface area contributed by atoms with Crippen LogP contribution < -0.4 is 9.64 Å². The second-order valence-corrected chi connectivity index (χ2v) is 7.78. The predicted octanol–water partition coefficient (Wildman–Crippen LogP) is 2.57. The number of aliphatic hydroxyl groups excluding tert-OH is 1. The zero-order valence-corrected chi connectivity index (χ0v) is 16.7. The fourth-order valence-electron chi connectivity index (χ4n) is 4.42. The number of anilines is 1. The molecule has 1 aromatic heterocycles. The maximum Gasteiger partial charge on any atom is 0.129 e. The molecule has 0 radical (unpaired) electrons. The largest absolute Gasteiger partial charge is 0.497 e. The van der Waals surface area contributed by atoms with Gasteiger partial charge in [-0.15, -0.1) is 0 Å². The van der Waals surface area contributed by atoms with Crippen LogP contribution in [-0.4, -0.2) is 67.3 Å². The summed E-state index contributed by atoms with van der Waals surface area (Å²) in [5.41, 5.74) is 1.28. The molecule has 1 aromatic carbocycles. The first-order valence-electron chi connectivity index (χ1n) is 10.3. The smallest absolute Gasteiger partial charge is 0.129 e. The number of hydrogen-bond donors (Lipinski definition) is 1. The van der Waals surface area contributed by atoms with E-state index in [1.165, 1.54) is 18.5 Å². The van der Waals surface area contributed by atoms with Crippen LogP contribution >= 0.6 is 0 Å². The Balaban J connectivity index is 1.28. The third-order valence-electron chi connectivity index (χ3n) is 6.00. The van der Waals surface area contributed by atoms with Crippen molar-refractivity contribution in [3.8, 4) is 5.75 Å². The Morgan fingerprint density at radius 1 is 1.00 bits per heavy atom. The lowest BCUT2D eigenvalue weighted by molar-refractivity contribution is 0.0842. The number of furan rings is 1. The van der Waals surface area contributed by atoms with Crippen LogP contribution in [0.15, 0.2) is 40.8 Å². The molecule has 2 saturated heterocycles. The number of piperidine rings is 1. The van der Waals surface area contributed by atoms with Crippen LogP contribution in [0.2, 0.25) is 0 Å². The Hall–Kier alpha value is -2.02. The SMILES string of the molecule is COc1ccc(N2CCN([C@H]3CCCN(Cc4ccc(CO)o4)C3)CC2)cc1. The Labute approximate surface area is 167 Å². The zero-order chi connectivity index (χ0) is 19.3. The Bertz CT molecular complexity index is 738. The summed E-state index contributed by atoms with van der Waals surface area (Å²) in [4.78, 5) is 7.62. The molecule has 2 aliphatic heterocycles. The van der Waals surface area contributed by atoms with Gasteiger partial charge in [-0.05, 0) is 55.8 Å². The molecule has 6 nitrogen and oxygen atoms in total. The minimum absolute atomic E-state index is 0.0267. The molecule has 152 valence electrons. The van der Waals surface area contributed by atoms with Gasteiger partial charge in [0.2, 0.25) is 0 Å². The lowest BCUT2D eigenvalue weighted by Crippen LogP contribution is -2.55. The minimum Gasteiger partial charge on any atom is -0.497 e. The van der Waals surface area contributed by atoms with Gasteiger partial charge in [-0.25, -0.2) is 0 Å². The number of benzene rings is 1. The first-order valence-corrected chi connectivity index (χ1v) is 10.3. The van der Waals surface area contributed by atoms with Crippen molar-refractivity contribution in [2.75, 3.05) is 51.3 Å². The maximum atomic E-state index is 9.17. The summed E-state index contributed by atoms with van der Waals surface area (Å²) >= 11 is 0. The monoisotopic (exact) mass is 385 g/mol. The summed E-state index contributed by atoms with van der Waals surface area (Å²) in [6.07, 6.45) is 2.51. The topological polar surface area (TPSA) is 52.3 Å². The summed E-state index contributed by atoms with van der Waals surface area (Å²) in [6, 6.07) is 12.9. The van der Waals surface area contributed by atoms with Crippen LogP contribution in [0.4, 0.5) is 5.69 Å². The summed E-state index contributed by atoms with van der Waals surface area (Å²) in [7, 11) is 1.71. The molecule has 4 rings (SSSR count). The lowest BCUT2D eigenvalue weighted by atomic mass is 10.0. The van der Waals surface area contributed by atoms with Gasteiger partial charge in [-0.1, -0.05) is 0 Å². The highest BCUT2D eigenvalue weighted by molar-refractivity contribution is 5.49. The van der Waals surface area contributed by atoms with E-state index in [0.29, 0.717) is 11.8 Å². The number of piperazine rings is 1. The van der Waals surface area contributed by atoms with Crippen molar-refractivity contribution in [3.63, 3.8) is 0 Å². The number of aliphatic hydroxyl groups is 1. The standard InChI is InChI=1S/C22H31N3O3/c1-27-20-6-4-18(5-7-20)24-11-13-25(14-12-24)19-3-2-10-23(15-19)16-21-8-9-22(17-26)28-21/h4-9,19,26H,2-3,10-17H2,1H3/t19-/m0/s1. The Morgan fingerprint density at radius 3 is 2.43 bits per heavy atom. The molecular formula is C22H31N3O3. The van der Waals surface area contributed by atoms with Crippen LogP contribution in [0.3, 0.4) is 0 Å². The van der Waals surface area contributed by atoms with Crippen LogP contribution in [0.1, 0.15) is 24.4 Å². The molecule has 0 aliphatic carbocycles. The summed E-state index contributed by atoms with van der Waals surface area (Å²) in [5, 5.41) is 9.17. The molecule has 1 N–H and O–H groups in total. The van der Waals surface area contributed by atoms with E-state index in [0.717, 1.165) is 57.3 Å². The average Bonchev–Trinajstić information content (AvgIpc) is 3.22. The number of methoxy groups -OCH3 is 1. The van der Waals surface area contributed by atoms with Gasteiger partial charge in [0.25, 0.3) is 0 Å². The zero-order valence-electron chi connectivity index (χ0n) is 16.7. The van der Waals surface area contributed by atoms with Crippen molar-refractivity contribution in [2.24, 2.45) is 0 Å². The van der Waals surface area contributed by atoms with Gasteiger partial charge >= 0.3 is 0 Å². The van der Waals surface area contributed by atoms with Crippen molar-refractivity contribution in [2.45, 2.75) is 32.0 Å². The molecule has 2 fully saturated rings. The van der Waals surface area contributed by atoms with Gasteiger partial charge in [0.15, 0.2) is 0 Å². The van der Waals surface area contributed by atoms with Gasteiger partial charge in [0.1, 0.15) is 23.9 Å². The van der Waals surface area contributed by atoms with E-state index >= 15 is 0 Å². The fraction of sp³-hybridized carbons (Fsp3) is 0.545. The first kappa shape index (κ1) is 19.3. The fourth-order valence-corrected chi connectivity index (χ4v) is 4.42. The molecule has 6 heteroatoms. The molecule has 28 heavy (non-hydrogen) atoms. The highest BCUT2D eigenvalue weighted by Gasteiger charge is 2.28. The molecule has 0 spiro atoms. The molecule has 2 aliphatic rings. The van der Waals surface area contributed by atoms with Crippen molar-refractivity contribution in [1.82, 2.24) is 9.80 Å². The molecule has 0 saturated carbocycles. The molecule has 0 amide bonds. The highest BCUT2D eigenvalue weighted by Crippen LogP contribution is 2.24. The van der Waals surface area contributed by atoms with Crippen LogP contribution in [0.5, 0.6) is 5.75 Å². The number of ether oxygens (including phenoxy) is 1. The van der Waals surface area contributed by atoms with Crippen LogP contribution in [0, 0.1) is 0 Å². The Kier molecular flexibility index (Phi) is 6.20. The summed E-state index contributed by atoms with van der Waals surface area (Å²) < 4.78 is 10.9. The van der Waals surface area contributed by atoms with E-state index in [9.17, 15) is 5.11 Å². The number of hydrogen-bond acceptors (Lipinski definition) is 6. The second-order valence-electron chi connectivity index (χ2n) is 7.78. The van der Waals surface area contributed by atoms with Gasteiger partial charge < -0.3 is 19.2 Å². The van der Waals surface area contributed by atoms with Crippen LogP contribution in [-0.2, 0) is 13.2 Å². The van der Waals surface area contributed by atoms with Gasteiger partial charge in [0.05, 0.1) is 13.7 Å². The van der Waals surface area contributed by atoms with E-state index in [-0.39, 0.29) is 6.61 Å². The molecule has 1 atom stereocenters. The lowest BCUT2D eigenvalue weighted by Gasteiger charge is -2.43. The number of rotatable bonds is 6. The quantitative estimate of drug-likeness (QED) is 0.825. The third kappa shape index (κ3) is 4.51. The second kappa shape index (κ2) is 8.99. The van der Waals surface area contributed by atoms with E-state index < -0.39 is 0 Å². The molecule has 2 aromatic rings. The van der Waals surface area contributed by atoms with E-state index in [4.69, 9.17) is 9.15 Å². The van der Waals surface area contributed by atoms with Crippen molar-refractivity contribution < 1.29 is 14.3 Å². The molecule has 0 bridgehead atoms. The third-order valence-corrected chi connectivity index (χ3v) is 6.00. The highest BCUT2D eigenvalue weighted by atomic mass is 16.5.